The van der Waals surface area contributed by atoms with Gasteiger partial charge in [0.25, 0.3) is 0 Å². The maximum Gasteiger partial charge on any atom is 0.162 e. The van der Waals surface area contributed by atoms with Crippen molar-refractivity contribution >= 4 is 5.78 Å². The quantitative estimate of drug-likeness (QED) is 0.395. The second-order valence-electron chi connectivity index (χ2n) is 2.34. The first kappa shape index (κ1) is 6.33. The summed E-state index contributed by atoms with van der Waals surface area (Å²) in [6, 6.07) is 0. The Hall–Kier alpha value is -0.790. The third-order valence-corrected chi connectivity index (χ3v) is 1.60. The van der Waals surface area contributed by atoms with Crippen LogP contribution in [0.1, 0.15) is 26.2 Å². The summed E-state index contributed by atoms with van der Waals surface area (Å²) in [6.45, 7) is 1.57. The Morgan fingerprint density at radius 1 is 1.56 bits per heavy atom. The van der Waals surface area contributed by atoms with E-state index in [1.165, 1.54) is 0 Å². The van der Waals surface area contributed by atoms with Gasteiger partial charge in [-0.1, -0.05) is 0 Å². The van der Waals surface area contributed by atoms with Crippen molar-refractivity contribution in [2.45, 2.75) is 26.2 Å². The van der Waals surface area contributed by atoms with E-state index in [2.05, 4.69) is 0 Å². The highest BCUT2D eigenvalue weighted by atomic mass is 16.3. The SMILES string of the molecule is C/C(O)=C1/CCCC1=O. The Kier molecular flexibility index (Phi) is 1.56. The van der Waals surface area contributed by atoms with Crippen LogP contribution in [-0.2, 0) is 4.79 Å². The number of rotatable bonds is 0. The fourth-order valence-electron chi connectivity index (χ4n) is 1.10. The average molecular weight is 126 g/mol. The summed E-state index contributed by atoms with van der Waals surface area (Å²) in [5.74, 6) is 0.326. The highest BCUT2D eigenvalue weighted by Crippen LogP contribution is 2.21. The lowest BCUT2D eigenvalue weighted by Gasteiger charge is -1.93. The maximum atomic E-state index is 10.8. The van der Waals surface area contributed by atoms with Crippen LogP contribution in [0, 0.1) is 0 Å². The predicted octanol–water partition coefficient (Wildman–Crippen LogP) is 1.57. The zero-order valence-corrected chi connectivity index (χ0v) is 5.48. The molecule has 1 rings (SSSR count). The van der Waals surface area contributed by atoms with Crippen molar-refractivity contribution in [3.8, 4) is 0 Å². The molecule has 50 valence electrons. The van der Waals surface area contributed by atoms with Crippen molar-refractivity contribution in [3.05, 3.63) is 11.3 Å². The number of hydrogen-bond acceptors (Lipinski definition) is 2. The molecule has 2 nitrogen and oxygen atoms in total. The van der Waals surface area contributed by atoms with E-state index >= 15 is 0 Å². The first-order valence-electron chi connectivity index (χ1n) is 3.13. The summed E-state index contributed by atoms with van der Waals surface area (Å²) in [5.41, 5.74) is 0.634. The van der Waals surface area contributed by atoms with Gasteiger partial charge < -0.3 is 5.11 Å². The van der Waals surface area contributed by atoms with Crippen LogP contribution in [0.15, 0.2) is 11.3 Å². The van der Waals surface area contributed by atoms with Crippen molar-refractivity contribution < 1.29 is 9.90 Å². The Morgan fingerprint density at radius 2 is 2.22 bits per heavy atom. The standard InChI is InChI=1S/C7H10O2/c1-5(8)6-3-2-4-7(6)9/h8H,2-4H2,1H3/b6-5+. The lowest BCUT2D eigenvalue weighted by molar-refractivity contribution is -0.114. The number of carbonyl (C=O) groups excluding carboxylic acids is 1. The summed E-state index contributed by atoms with van der Waals surface area (Å²) in [5, 5.41) is 8.88. The number of allylic oxidation sites excluding steroid dienone is 2. The number of aliphatic hydroxyl groups excluding tert-OH is 1. The molecule has 1 aliphatic rings. The molecule has 1 fully saturated rings. The van der Waals surface area contributed by atoms with Crippen LogP contribution in [0.25, 0.3) is 0 Å². The molecular formula is C7H10O2. The molecule has 0 radical (unpaired) electrons. The number of carbonyl (C=O) groups is 1. The molecule has 0 bridgehead atoms. The largest absolute Gasteiger partial charge is 0.512 e. The molecule has 0 unspecified atom stereocenters. The number of Topliss-reactive ketones (excluding diaryl/α,β-unsaturated/α-hetero) is 1. The average Bonchev–Trinajstić information content (AvgIpc) is 2.13. The molecule has 0 aromatic rings. The Morgan fingerprint density at radius 3 is 2.44 bits per heavy atom. The van der Waals surface area contributed by atoms with Crippen LogP contribution in [-0.4, -0.2) is 10.9 Å². The predicted molar refractivity (Wildman–Crippen MR) is 34.2 cm³/mol. The van der Waals surface area contributed by atoms with E-state index in [1.54, 1.807) is 6.92 Å². The summed E-state index contributed by atoms with van der Waals surface area (Å²) in [7, 11) is 0. The third kappa shape index (κ3) is 1.12. The second kappa shape index (κ2) is 2.21. The highest BCUT2D eigenvalue weighted by molar-refractivity contribution is 5.97. The van der Waals surface area contributed by atoms with Gasteiger partial charge in [-0.3, -0.25) is 4.79 Å². The lowest BCUT2D eigenvalue weighted by atomic mass is 10.2. The summed E-state index contributed by atoms with van der Waals surface area (Å²) in [6.07, 6.45) is 2.29. The lowest BCUT2D eigenvalue weighted by Crippen LogP contribution is -1.94. The smallest absolute Gasteiger partial charge is 0.162 e. The zero-order chi connectivity index (χ0) is 6.85. The Labute approximate surface area is 54.2 Å². The second-order valence-corrected chi connectivity index (χ2v) is 2.34. The minimum Gasteiger partial charge on any atom is -0.512 e. The van der Waals surface area contributed by atoms with Gasteiger partial charge in [-0.2, -0.15) is 0 Å². The van der Waals surface area contributed by atoms with E-state index < -0.39 is 0 Å². The number of aliphatic hydroxyl groups is 1. The van der Waals surface area contributed by atoms with Gasteiger partial charge in [-0.05, 0) is 19.8 Å². The molecule has 0 aromatic heterocycles. The minimum absolute atomic E-state index is 0.120. The molecule has 0 aromatic carbocycles. The monoisotopic (exact) mass is 126 g/mol. The van der Waals surface area contributed by atoms with Crippen LogP contribution in [0.2, 0.25) is 0 Å². The van der Waals surface area contributed by atoms with Gasteiger partial charge in [0.05, 0.1) is 5.76 Å². The maximum absolute atomic E-state index is 10.8. The topological polar surface area (TPSA) is 37.3 Å². The van der Waals surface area contributed by atoms with Crippen LogP contribution in [0.4, 0.5) is 0 Å². The van der Waals surface area contributed by atoms with Crippen LogP contribution < -0.4 is 0 Å². The molecule has 1 saturated carbocycles. The molecule has 0 aliphatic heterocycles. The van der Waals surface area contributed by atoms with Gasteiger partial charge in [0.1, 0.15) is 0 Å². The van der Waals surface area contributed by atoms with Gasteiger partial charge in [0.2, 0.25) is 0 Å². The Balaban J connectivity index is 2.83. The van der Waals surface area contributed by atoms with Crippen molar-refractivity contribution in [2.75, 3.05) is 0 Å². The molecule has 0 heterocycles. The highest BCUT2D eigenvalue weighted by Gasteiger charge is 2.18. The molecule has 0 atom stereocenters. The van der Waals surface area contributed by atoms with E-state index in [4.69, 9.17) is 5.11 Å². The van der Waals surface area contributed by atoms with E-state index in [0.29, 0.717) is 12.0 Å². The molecule has 0 spiro atoms. The first-order valence-corrected chi connectivity index (χ1v) is 3.13. The van der Waals surface area contributed by atoms with E-state index in [-0.39, 0.29) is 11.5 Å². The van der Waals surface area contributed by atoms with Crippen LogP contribution in [0.3, 0.4) is 0 Å². The van der Waals surface area contributed by atoms with Gasteiger partial charge in [-0.25, -0.2) is 0 Å². The van der Waals surface area contributed by atoms with Crippen molar-refractivity contribution in [2.24, 2.45) is 0 Å². The van der Waals surface area contributed by atoms with Gasteiger partial charge in [-0.15, -0.1) is 0 Å². The van der Waals surface area contributed by atoms with Gasteiger partial charge in [0.15, 0.2) is 5.78 Å². The van der Waals surface area contributed by atoms with Crippen molar-refractivity contribution in [1.29, 1.82) is 0 Å². The Bertz CT molecular complexity index is 164. The zero-order valence-electron chi connectivity index (χ0n) is 5.48. The van der Waals surface area contributed by atoms with E-state index in [0.717, 1.165) is 12.8 Å². The molecular weight excluding hydrogens is 116 g/mol. The fraction of sp³-hybridized carbons (Fsp3) is 0.571. The molecule has 0 saturated heterocycles. The first-order chi connectivity index (χ1) is 4.22. The van der Waals surface area contributed by atoms with Gasteiger partial charge >= 0.3 is 0 Å². The molecule has 0 amide bonds. The fourth-order valence-corrected chi connectivity index (χ4v) is 1.10. The van der Waals surface area contributed by atoms with E-state index in [1.807, 2.05) is 0 Å². The molecule has 9 heavy (non-hydrogen) atoms. The molecule has 2 heteroatoms. The summed E-state index contributed by atoms with van der Waals surface area (Å²) in [4.78, 5) is 10.8. The van der Waals surface area contributed by atoms with E-state index in [9.17, 15) is 4.79 Å². The normalized spacial score (nSPS) is 24.8. The van der Waals surface area contributed by atoms with Crippen LogP contribution >= 0.6 is 0 Å². The number of hydrogen-bond donors (Lipinski definition) is 1. The number of ketones is 1. The van der Waals surface area contributed by atoms with Crippen molar-refractivity contribution in [3.63, 3.8) is 0 Å². The summed E-state index contributed by atoms with van der Waals surface area (Å²) < 4.78 is 0. The minimum atomic E-state index is 0.120. The van der Waals surface area contributed by atoms with Crippen molar-refractivity contribution in [1.82, 2.24) is 0 Å². The summed E-state index contributed by atoms with van der Waals surface area (Å²) >= 11 is 0. The molecule has 1 aliphatic carbocycles. The van der Waals surface area contributed by atoms with Crippen LogP contribution in [0.5, 0.6) is 0 Å². The van der Waals surface area contributed by atoms with Gasteiger partial charge in [0, 0.05) is 12.0 Å². The molecule has 1 N–H and O–H groups in total. The third-order valence-electron chi connectivity index (χ3n) is 1.60.